The van der Waals surface area contributed by atoms with E-state index in [2.05, 4.69) is 9.44 Å². The zero-order chi connectivity index (χ0) is 11.5. The van der Waals surface area contributed by atoms with Crippen molar-refractivity contribution in [3.05, 3.63) is 29.8 Å². The molecule has 84 valence electrons. The summed E-state index contributed by atoms with van der Waals surface area (Å²) in [5, 5.41) is 0. The van der Waals surface area contributed by atoms with Crippen LogP contribution in [0.5, 0.6) is 0 Å². The van der Waals surface area contributed by atoms with Crippen molar-refractivity contribution in [3.63, 3.8) is 0 Å². The molecule has 1 aromatic rings. The smallest absolute Gasteiger partial charge is 0.277 e. The zero-order valence-electron chi connectivity index (χ0n) is 8.69. The molecule has 1 rings (SSSR count). The Labute approximate surface area is 89.9 Å². The Morgan fingerprint density at radius 3 is 2.27 bits per heavy atom. The highest BCUT2D eigenvalue weighted by Gasteiger charge is 2.12. The van der Waals surface area contributed by atoms with Gasteiger partial charge in [0.2, 0.25) is 0 Å². The Morgan fingerprint density at radius 1 is 1.27 bits per heavy atom. The summed E-state index contributed by atoms with van der Waals surface area (Å²) in [7, 11) is -2.05. The predicted molar refractivity (Wildman–Crippen MR) is 60.4 cm³/mol. The Kier molecular flexibility index (Phi) is 3.67. The van der Waals surface area contributed by atoms with Gasteiger partial charge in [-0.15, -0.1) is 0 Å². The van der Waals surface area contributed by atoms with Gasteiger partial charge in [-0.3, -0.25) is 0 Å². The first-order valence-electron chi connectivity index (χ1n) is 4.51. The number of benzene rings is 1. The number of rotatable bonds is 4. The van der Waals surface area contributed by atoms with E-state index in [-0.39, 0.29) is 6.04 Å². The molecule has 0 aliphatic heterocycles. The van der Waals surface area contributed by atoms with Gasteiger partial charge in [0.25, 0.3) is 10.2 Å². The van der Waals surface area contributed by atoms with Crippen molar-refractivity contribution < 1.29 is 8.42 Å². The van der Waals surface area contributed by atoms with E-state index in [9.17, 15) is 8.42 Å². The summed E-state index contributed by atoms with van der Waals surface area (Å²) in [5.74, 6) is 0. The van der Waals surface area contributed by atoms with Crippen molar-refractivity contribution in [1.82, 2.24) is 9.44 Å². The summed E-state index contributed by atoms with van der Waals surface area (Å²) >= 11 is 0. The molecule has 0 amide bonds. The van der Waals surface area contributed by atoms with Crippen LogP contribution >= 0.6 is 0 Å². The fraction of sp³-hybridized carbons (Fsp3) is 0.333. The second-order valence-electron chi connectivity index (χ2n) is 3.21. The third kappa shape index (κ3) is 3.50. The fourth-order valence-electron chi connectivity index (χ4n) is 1.14. The second kappa shape index (κ2) is 4.61. The zero-order valence-corrected chi connectivity index (χ0v) is 9.51. The molecule has 5 nitrogen and oxygen atoms in total. The van der Waals surface area contributed by atoms with Gasteiger partial charge < -0.3 is 5.73 Å². The summed E-state index contributed by atoms with van der Waals surface area (Å²) in [6.45, 7) is 1.76. The molecule has 0 heterocycles. The van der Waals surface area contributed by atoms with Gasteiger partial charge in [0.1, 0.15) is 0 Å². The molecule has 0 saturated heterocycles. The predicted octanol–water partition coefficient (Wildman–Crippen LogP) is 0.384. The Morgan fingerprint density at radius 2 is 1.80 bits per heavy atom. The average molecular weight is 229 g/mol. The molecular weight excluding hydrogens is 214 g/mol. The minimum atomic E-state index is -3.41. The molecule has 0 aromatic heterocycles. The molecule has 1 atom stereocenters. The molecule has 0 fully saturated rings. The highest BCUT2D eigenvalue weighted by Crippen LogP contribution is 2.14. The summed E-state index contributed by atoms with van der Waals surface area (Å²) in [6.07, 6.45) is 0. The van der Waals surface area contributed by atoms with Crippen LogP contribution in [0.25, 0.3) is 0 Å². The SMILES string of the molecule is CNS(=O)(=O)NC(C)c1ccc(N)cc1. The molecule has 0 bridgehead atoms. The maximum absolute atomic E-state index is 11.2. The van der Waals surface area contributed by atoms with Gasteiger partial charge in [0, 0.05) is 18.8 Å². The van der Waals surface area contributed by atoms with E-state index in [1.54, 1.807) is 31.2 Å². The molecule has 15 heavy (non-hydrogen) atoms. The van der Waals surface area contributed by atoms with E-state index >= 15 is 0 Å². The van der Waals surface area contributed by atoms with Crippen molar-refractivity contribution in [3.8, 4) is 0 Å². The average Bonchev–Trinajstić information content (AvgIpc) is 2.18. The lowest BCUT2D eigenvalue weighted by Crippen LogP contribution is -2.35. The molecule has 4 N–H and O–H groups in total. The Hall–Kier alpha value is -1.11. The number of anilines is 1. The van der Waals surface area contributed by atoms with E-state index in [1.807, 2.05) is 0 Å². The third-order valence-corrected chi connectivity index (χ3v) is 3.24. The van der Waals surface area contributed by atoms with Crippen LogP contribution in [0, 0.1) is 0 Å². The van der Waals surface area contributed by atoms with Crippen molar-refractivity contribution in [1.29, 1.82) is 0 Å². The molecule has 1 aromatic carbocycles. The minimum Gasteiger partial charge on any atom is -0.399 e. The maximum Gasteiger partial charge on any atom is 0.277 e. The van der Waals surface area contributed by atoms with Gasteiger partial charge in [-0.2, -0.15) is 13.1 Å². The second-order valence-corrected chi connectivity index (χ2v) is 4.86. The Bertz CT molecular complexity index is 413. The number of nitrogen functional groups attached to an aromatic ring is 1. The molecule has 0 aliphatic carbocycles. The van der Waals surface area contributed by atoms with E-state index in [0.29, 0.717) is 5.69 Å². The van der Waals surface area contributed by atoms with Crippen molar-refractivity contribution in [2.45, 2.75) is 13.0 Å². The van der Waals surface area contributed by atoms with Crippen molar-refractivity contribution in [2.75, 3.05) is 12.8 Å². The number of hydrogen-bond acceptors (Lipinski definition) is 3. The van der Waals surface area contributed by atoms with E-state index in [0.717, 1.165) is 5.56 Å². The lowest BCUT2D eigenvalue weighted by Gasteiger charge is -2.13. The van der Waals surface area contributed by atoms with Crippen LogP contribution < -0.4 is 15.2 Å². The molecule has 0 saturated carbocycles. The fourth-order valence-corrected chi connectivity index (χ4v) is 1.86. The molecule has 6 heteroatoms. The van der Waals surface area contributed by atoms with E-state index in [1.165, 1.54) is 7.05 Å². The van der Waals surface area contributed by atoms with Gasteiger partial charge in [-0.05, 0) is 24.6 Å². The maximum atomic E-state index is 11.2. The van der Waals surface area contributed by atoms with Crippen molar-refractivity contribution in [2.24, 2.45) is 0 Å². The van der Waals surface area contributed by atoms with Crippen LogP contribution in [0.4, 0.5) is 5.69 Å². The number of hydrogen-bond donors (Lipinski definition) is 3. The summed E-state index contributed by atoms with van der Waals surface area (Å²) < 4.78 is 27.1. The normalized spacial score (nSPS) is 13.7. The number of nitrogens with one attached hydrogen (secondary N) is 2. The standard InChI is InChI=1S/C9H15N3O2S/c1-7(12-15(13,14)11-2)8-3-5-9(10)6-4-8/h3-7,11-12H,10H2,1-2H3. The van der Waals surface area contributed by atoms with E-state index < -0.39 is 10.2 Å². The van der Waals surface area contributed by atoms with Gasteiger partial charge in [-0.25, -0.2) is 4.72 Å². The first-order valence-corrected chi connectivity index (χ1v) is 5.99. The number of nitrogens with two attached hydrogens (primary N) is 1. The third-order valence-electron chi connectivity index (χ3n) is 2.04. The van der Waals surface area contributed by atoms with Crippen LogP contribution in [-0.4, -0.2) is 15.5 Å². The van der Waals surface area contributed by atoms with Gasteiger partial charge in [-0.1, -0.05) is 12.1 Å². The first-order chi connectivity index (χ1) is 6.94. The van der Waals surface area contributed by atoms with Crippen LogP contribution in [0.1, 0.15) is 18.5 Å². The lowest BCUT2D eigenvalue weighted by molar-refractivity contribution is 0.558. The minimum absolute atomic E-state index is 0.289. The summed E-state index contributed by atoms with van der Waals surface area (Å²) in [5.41, 5.74) is 7.05. The molecule has 1 unspecified atom stereocenters. The molecule has 0 spiro atoms. The van der Waals surface area contributed by atoms with E-state index in [4.69, 9.17) is 5.73 Å². The topological polar surface area (TPSA) is 84.2 Å². The molecule has 0 aliphatic rings. The van der Waals surface area contributed by atoms with Crippen molar-refractivity contribution >= 4 is 15.9 Å². The summed E-state index contributed by atoms with van der Waals surface area (Å²) in [6, 6.07) is 6.76. The highest BCUT2D eigenvalue weighted by molar-refractivity contribution is 7.87. The van der Waals surface area contributed by atoms with Crippen LogP contribution in [0.15, 0.2) is 24.3 Å². The molecule has 0 radical (unpaired) electrons. The monoisotopic (exact) mass is 229 g/mol. The lowest BCUT2D eigenvalue weighted by atomic mass is 10.1. The van der Waals surface area contributed by atoms with Gasteiger partial charge >= 0.3 is 0 Å². The van der Waals surface area contributed by atoms with Crippen LogP contribution in [0.2, 0.25) is 0 Å². The first kappa shape index (κ1) is 12.0. The summed E-state index contributed by atoms with van der Waals surface area (Å²) in [4.78, 5) is 0. The van der Waals surface area contributed by atoms with Crippen LogP contribution in [0.3, 0.4) is 0 Å². The van der Waals surface area contributed by atoms with Gasteiger partial charge in [0.15, 0.2) is 0 Å². The highest BCUT2D eigenvalue weighted by atomic mass is 32.2. The Balaban J connectivity index is 2.78. The molecular formula is C9H15N3O2S. The van der Waals surface area contributed by atoms with Gasteiger partial charge in [0.05, 0.1) is 0 Å². The van der Waals surface area contributed by atoms with Crippen LogP contribution in [-0.2, 0) is 10.2 Å². The quantitative estimate of drug-likeness (QED) is 0.653. The largest absolute Gasteiger partial charge is 0.399 e.